The lowest BCUT2D eigenvalue weighted by molar-refractivity contribution is -0.0227. The Labute approximate surface area is 248 Å². The van der Waals surface area contributed by atoms with Crippen molar-refractivity contribution >= 4 is 22.6 Å². The highest BCUT2D eigenvalue weighted by molar-refractivity contribution is 5.96. The summed E-state index contributed by atoms with van der Waals surface area (Å²) in [4.78, 5) is 25.0. The lowest BCUT2D eigenvalue weighted by Crippen LogP contribution is -2.54. The number of nitrogens with one attached hydrogen (secondary N) is 1. The number of pyridine rings is 1. The summed E-state index contributed by atoms with van der Waals surface area (Å²) in [5, 5.41) is 0.953. The number of primary amides is 1. The Morgan fingerprint density at radius 1 is 1.07 bits per heavy atom. The van der Waals surface area contributed by atoms with Crippen LogP contribution < -0.4 is 15.4 Å². The quantitative estimate of drug-likeness (QED) is 0.249. The molecular weight excluding hydrogens is 522 g/mol. The van der Waals surface area contributed by atoms with Crippen molar-refractivity contribution in [2.45, 2.75) is 70.4 Å². The summed E-state index contributed by atoms with van der Waals surface area (Å²) in [6, 6.07) is 20.0. The Kier molecular flexibility index (Phi) is 6.93. The first-order chi connectivity index (χ1) is 20.4. The third-order valence-corrected chi connectivity index (χ3v) is 10.1. The lowest BCUT2D eigenvalue weighted by Gasteiger charge is -2.56. The number of aromatic nitrogens is 2. The zero-order chi connectivity index (χ0) is 28.8. The minimum absolute atomic E-state index is 0.377. The SMILES string of the molecule is CC(C)c1ccccc1[C@@H]1CCCN1C1CC2(CCN(c3ccc(C(N)=O)c(Oc4cnc5[nH]ccc5c4)c3)CC2)C1. The van der Waals surface area contributed by atoms with Crippen LogP contribution in [0.2, 0.25) is 0 Å². The number of amides is 1. The molecule has 2 aromatic heterocycles. The standard InChI is InChI=1S/C35H41N5O2/c1-23(2)28-6-3-4-7-29(28)31-8-5-15-40(31)26-20-35(21-26)12-16-39(17-13-35)25-9-10-30(33(36)41)32(19-25)42-27-18-24-11-14-37-34(24)38-22-27/h3-4,6-7,9-11,14,18-19,22-23,26,31H,5,8,12-13,15-17,20-21H2,1-2H3,(H2,36,41)(H,37,38)/t31-/m0/s1. The number of rotatable bonds is 7. The summed E-state index contributed by atoms with van der Waals surface area (Å²) in [7, 11) is 0. The van der Waals surface area contributed by atoms with Gasteiger partial charge in [0, 0.05) is 48.5 Å². The monoisotopic (exact) mass is 563 g/mol. The summed E-state index contributed by atoms with van der Waals surface area (Å²) < 4.78 is 6.18. The van der Waals surface area contributed by atoms with E-state index in [4.69, 9.17) is 10.5 Å². The van der Waals surface area contributed by atoms with E-state index in [2.05, 4.69) is 57.9 Å². The summed E-state index contributed by atoms with van der Waals surface area (Å²) in [5.41, 5.74) is 11.5. The van der Waals surface area contributed by atoms with Crippen molar-refractivity contribution in [3.63, 3.8) is 0 Å². The number of H-pyrrole nitrogens is 1. The van der Waals surface area contributed by atoms with Crippen LogP contribution in [0, 0.1) is 5.41 Å². The number of carbonyl (C=O) groups is 1. The fourth-order valence-electron chi connectivity index (χ4n) is 7.82. The minimum atomic E-state index is -0.499. The van der Waals surface area contributed by atoms with E-state index < -0.39 is 5.91 Å². The Hall–Kier alpha value is -3.84. The predicted octanol–water partition coefficient (Wildman–Crippen LogP) is 7.16. The molecule has 3 fully saturated rings. The van der Waals surface area contributed by atoms with Gasteiger partial charge in [-0.3, -0.25) is 9.69 Å². The number of likely N-dealkylation sites (tertiary alicyclic amines) is 1. The van der Waals surface area contributed by atoms with Gasteiger partial charge in [0.2, 0.25) is 0 Å². The number of carbonyl (C=O) groups excluding carboxylic acids is 1. The molecule has 3 aliphatic rings. The molecule has 42 heavy (non-hydrogen) atoms. The van der Waals surface area contributed by atoms with E-state index in [1.165, 1.54) is 50.6 Å². The number of nitrogens with two attached hydrogens (primary N) is 1. The number of anilines is 1. The van der Waals surface area contributed by atoms with Crippen LogP contribution >= 0.6 is 0 Å². The van der Waals surface area contributed by atoms with Crippen LogP contribution in [-0.2, 0) is 0 Å². The van der Waals surface area contributed by atoms with Crippen molar-refractivity contribution in [2.24, 2.45) is 11.1 Å². The summed E-state index contributed by atoms with van der Waals surface area (Å²) in [6.45, 7) is 7.89. The van der Waals surface area contributed by atoms with Gasteiger partial charge in [-0.25, -0.2) is 4.98 Å². The molecule has 2 aliphatic heterocycles. The molecule has 7 rings (SSSR count). The van der Waals surface area contributed by atoms with Crippen LogP contribution in [0.4, 0.5) is 5.69 Å². The maximum atomic E-state index is 12.2. The highest BCUT2D eigenvalue weighted by Crippen LogP contribution is 2.54. The first kappa shape index (κ1) is 27.0. The minimum Gasteiger partial charge on any atom is -0.455 e. The average molecular weight is 564 g/mol. The summed E-state index contributed by atoms with van der Waals surface area (Å²) >= 11 is 0. The van der Waals surface area contributed by atoms with E-state index in [1.54, 1.807) is 17.8 Å². The fourth-order valence-corrected chi connectivity index (χ4v) is 7.82. The van der Waals surface area contributed by atoms with Gasteiger partial charge < -0.3 is 20.4 Å². The van der Waals surface area contributed by atoms with Gasteiger partial charge >= 0.3 is 0 Å². The Bertz CT molecular complexity index is 1590. The molecule has 2 aromatic carbocycles. The van der Waals surface area contributed by atoms with Crippen LogP contribution in [0.3, 0.4) is 0 Å². The van der Waals surface area contributed by atoms with E-state index in [-0.39, 0.29) is 0 Å². The highest BCUT2D eigenvalue weighted by atomic mass is 16.5. The zero-order valence-electron chi connectivity index (χ0n) is 24.7. The van der Waals surface area contributed by atoms with E-state index >= 15 is 0 Å². The van der Waals surface area contributed by atoms with Crippen molar-refractivity contribution < 1.29 is 9.53 Å². The third kappa shape index (κ3) is 4.94. The molecule has 7 heteroatoms. The van der Waals surface area contributed by atoms with Gasteiger partial charge in [0.05, 0.1) is 11.8 Å². The van der Waals surface area contributed by atoms with Gasteiger partial charge in [-0.15, -0.1) is 0 Å². The number of aromatic amines is 1. The van der Waals surface area contributed by atoms with Crippen molar-refractivity contribution in [3.8, 4) is 11.5 Å². The molecule has 0 unspecified atom stereocenters. The predicted molar refractivity (Wildman–Crippen MR) is 167 cm³/mol. The smallest absolute Gasteiger partial charge is 0.252 e. The molecule has 1 aliphatic carbocycles. The number of piperidine rings is 1. The molecule has 4 aromatic rings. The Balaban J connectivity index is 1.02. The normalized spacial score (nSPS) is 20.8. The van der Waals surface area contributed by atoms with E-state index in [0.717, 1.165) is 29.8 Å². The van der Waals surface area contributed by atoms with E-state index in [0.29, 0.717) is 40.5 Å². The fraction of sp³-hybridized carbons (Fsp3) is 0.429. The second-order valence-electron chi connectivity index (χ2n) is 13.0. The van der Waals surface area contributed by atoms with Crippen LogP contribution in [0.5, 0.6) is 11.5 Å². The molecule has 7 nitrogen and oxygen atoms in total. The van der Waals surface area contributed by atoms with E-state index in [1.807, 2.05) is 30.5 Å². The number of hydrogen-bond donors (Lipinski definition) is 2. The average Bonchev–Trinajstić information content (AvgIpc) is 3.65. The van der Waals surface area contributed by atoms with Crippen molar-refractivity contribution in [1.29, 1.82) is 0 Å². The van der Waals surface area contributed by atoms with Gasteiger partial charge in [0.1, 0.15) is 17.1 Å². The first-order valence-electron chi connectivity index (χ1n) is 15.5. The number of benzene rings is 2. The Morgan fingerprint density at radius 2 is 1.88 bits per heavy atom. The largest absolute Gasteiger partial charge is 0.455 e. The lowest BCUT2D eigenvalue weighted by atomic mass is 9.59. The first-order valence-corrected chi connectivity index (χ1v) is 15.5. The third-order valence-electron chi connectivity index (χ3n) is 10.1. The van der Waals surface area contributed by atoms with Crippen LogP contribution in [0.25, 0.3) is 11.0 Å². The molecule has 1 amide bonds. The number of hydrogen-bond acceptors (Lipinski definition) is 5. The van der Waals surface area contributed by atoms with E-state index in [9.17, 15) is 4.79 Å². The molecule has 1 atom stereocenters. The highest BCUT2D eigenvalue weighted by Gasteiger charge is 2.50. The van der Waals surface area contributed by atoms with Crippen LogP contribution in [0.1, 0.15) is 85.8 Å². The molecule has 3 N–H and O–H groups in total. The van der Waals surface area contributed by atoms with Gasteiger partial charge in [-0.2, -0.15) is 0 Å². The number of fused-ring (bicyclic) bond motifs is 1. The van der Waals surface area contributed by atoms with Crippen molar-refractivity contribution in [1.82, 2.24) is 14.9 Å². The second-order valence-corrected chi connectivity index (χ2v) is 13.0. The summed E-state index contributed by atoms with van der Waals surface area (Å²) in [5.74, 6) is 1.11. The van der Waals surface area contributed by atoms with Gasteiger partial charge in [0.25, 0.3) is 5.91 Å². The van der Waals surface area contributed by atoms with Crippen molar-refractivity contribution in [3.05, 3.63) is 83.7 Å². The Morgan fingerprint density at radius 3 is 2.67 bits per heavy atom. The molecule has 2 saturated heterocycles. The van der Waals surface area contributed by atoms with Gasteiger partial charge in [0.15, 0.2) is 0 Å². The molecule has 0 bridgehead atoms. The van der Waals surface area contributed by atoms with Crippen molar-refractivity contribution in [2.75, 3.05) is 24.5 Å². The molecule has 0 radical (unpaired) electrons. The maximum Gasteiger partial charge on any atom is 0.252 e. The maximum absolute atomic E-state index is 12.2. The zero-order valence-corrected chi connectivity index (χ0v) is 24.7. The molecule has 218 valence electrons. The summed E-state index contributed by atoms with van der Waals surface area (Å²) in [6.07, 6.45) is 11.1. The number of nitrogens with zero attached hydrogens (tertiary/aromatic N) is 3. The van der Waals surface area contributed by atoms with Gasteiger partial charge in [-0.1, -0.05) is 38.1 Å². The molecule has 1 spiro atoms. The number of ether oxygens (including phenoxy) is 1. The van der Waals surface area contributed by atoms with Gasteiger partial charge in [-0.05, 0) is 91.8 Å². The van der Waals surface area contributed by atoms with Crippen LogP contribution in [0.15, 0.2) is 67.0 Å². The van der Waals surface area contributed by atoms with Crippen LogP contribution in [-0.4, -0.2) is 46.5 Å². The second kappa shape index (κ2) is 10.8. The molecule has 1 saturated carbocycles. The molecular formula is C35H41N5O2. The topological polar surface area (TPSA) is 87.5 Å². The molecule has 4 heterocycles.